The molecule has 1 aromatic rings. The van der Waals surface area contributed by atoms with Crippen molar-refractivity contribution in [1.29, 1.82) is 0 Å². The summed E-state index contributed by atoms with van der Waals surface area (Å²) >= 11 is 0. The van der Waals surface area contributed by atoms with Crippen LogP contribution in [0.1, 0.15) is 30.4 Å². The molecule has 1 amide bonds. The summed E-state index contributed by atoms with van der Waals surface area (Å²) in [5.41, 5.74) is 2.33. The van der Waals surface area contributed by atoms with E-state index in [0.29, 0.717) is 6.54 Å². The summed E-state index contributed by atoms with van der Waals surface area (Å²) in [5, 5.41) is 11.5. The lowest BCUT2D eigenvalue weighted by Crippen LogP contribution is -2.37. The fraction of sp³-hybridized carbons (Fsp3) is 0.429. The highest BCUT2D eigenvalue weighted by atomic mass is 16.4. The zero-order valence-electron chi connectivity index (χ0n) is 10.3. The predicted octanol–water partition coefficient (Wildman–Crippen LogP) is 1.55. The highest BCUT2D eigenvalue weighted by Gasteiger charge is 2.31. The molecule has 0 aliphatic heterocycles. The van der Waals surface area contributed by atoms with Crippen LogP contribution in [0, 0.1) is 5.92 Å². The molecule has 0 radical (unpaired) electrons. The molecule has 4 heteroatoms. The number of amides is 1. The lowest BCUT2D eigenvalue weighted by atomic mass is 9.77. The van der Waals surface area contributed by atoms with Crippen LogP contribution < -0.4 is 5.32 Å². The third-order valence-electron chi connectivity index (χ3n) is 3.32. The molecule has 4 nitrogen and oxygen atoms in total. The van der Waals surface area contributed by atoms with Gasteiger partial charge in [-0.05, 0) is 23.5 Å². The largest absolute Gasteiger partial charge is 0.481 e. The molecule has 0 saturated heterocycles. The Hall–Kier alpha value is -1.84. The summed E-state index contributed by atoms with van der Waals surface area (Å²) in [6.07, 6.45) is 0.872. The Balaban J connectivity index is 1.82. The SMILES string of the molecule is CC(CNC(=O)C1Cc2ccccc21)CC(=O)O. The number of carboxylic acid groups (broad SMARTS) is 1. The second-order valence-electron chi connectivity index (χ2n) is 4.90. The Labute approximate surface area is 106 Å². The first-order chi connectivity index (χ1) is 8.58. The van der Waals surface area contributed by atoms with E-state index >= 15 is 0 Å². The topological polar surface area (TPSA) is 66.4 Å². The van der Waals surface area contributed by atoms with Gasteiger partial charge in [-0.3, -0.25) is 9.59 Å². The molecule has 0 bridgehead atoms. The molecule has 0 heterocycles. The molecule has 1 aromatic carbocycles. The molecule has 1 aliphatic rings. The van der Waals surface area contributed by atoms with E-state index in [2.05, 4.69) is 5.32 Å². The molecule has 0 aromatic heterocycles. The van der Waals surface area contributed by atoms with Crippen molar-refractivity contribution >= 4 is 11.9 Å². The lowest BCUT2D eigenvalue weighted by molar-refractivity contribution is -0.138. The van der Waals surface area contributed by atoms with Crippen LogP contribution >= 0.6 is 0 Å². The minimum atomic E-state index is -0.828. The number of benzene rings is 1. The predicted molar refractivity (Wildman–Crippen MR) is 67.3 cm³/mol. The van der Waals surface area contributed by atoms with Crippen molar-refractivity contribution in [3.8, 4) is 0 Å². The zero-order chi connectivity index (χ0) is 13.1. The molecule has 0 spiro atoms. The minimum Gasteiger partial charge on any atom is -0.481 e. The second-order valence-corrected chi connectivity index (χ2v) is 4.90. The molecule has 96 valence electrons. The number of hydrogen-bond acceptors (Lipinski definition) is 2. The van der Waals surface area contributed by atoms with Gasteiger partial charge in [0.1, 0.15) is 0 Å². The van der Waals surface area contributed by atoms with Gasteiger partial charge in [0.2, 0.25) is 5.91 Å². The Morgan fingerprint density at radius 1 is 1.44 bits per heavy atom. The minimum absolute atomic E-state index is 0.00550. The summed E-state index contributed by atoms with van der Waals surface area (Å²) in [6.45, 7) is 2.24. The van der Waals surface area contributed by atoms with Crippen LogP contribution in [0.3, 0.4) is 0 Å². The van der Waals surface area contributed by atoms with Crippen molar-refractivity contribution in [2.24, 2.45) is 5.92 Å². The van der Waals surface area contributed by atoms with E-state index in [0.717, 1.165) is 12.0 Å². The van der Waals surface area contributed by atoms with Crippen LogP contribution in [0.15, 0.2) is 24.3 Å². The molecule has 2 atom stereocenters. The molecular weight excluding hydrogens is 230 g/mol. The number of carbonyl (C=O) groups excluding carboxylic acids is 1. The van der Waals surface area contributed by atoms with Crippen LogP contribution in [0.5, 0.6) is 0 Å². The van der Waals surface area contributed by atoms with Gasteiger partial charge in [0, 0.05) is 13.0 Å². The first kappa shape index (κ1) is 12.6. The number of rotatable bonds is 5. The van der Waals surface area contributed by atoms with Crippen LogP contribution in [-0.2, 0) is 16.0 Å². The molecule has 0 saturated carbocycles. The summed E-state index contributed by atoms with van der Waals surface area (Å²) in [6, 6.07) is 7.92. The van der Waals surface area contributed by atoms with E-state index in [1.807, 2.05) is 31.2 Å². The van der Waals surface area contributed by atoms with Gasteiger partial charge in [0.25, 0.3) is 0 Å². The second kappa shape index (κ2) is 5.21. The van der Waals surface area contributed by atoms with E-state index in [1.165, 1.54) is 5.56 Å². The van der Waals surface area contributed by atoms with E-state index in [9.17, 15) is 9.59 Å². The number of hydrogen-bond donors (Lipinski definition) is 2. The molecule has 18 heavy (non-hydrogen) atoms. The first-order valence-electron chi connectivity index (χ1n) is 6.15. The number of carbonyl (C=O) groups is 2. The van der Waals surface area contributed by atoms with Gasteiger partial charge in [-0.1, -0.05) is 31.2 Å². The highest BCUT2D eigenvalue weighted by molar-refractivity contribution is 5.86. The van der Waals surface area contributed by atoms with Gasteiger partial charge >= 0.3 is 5.97 Å². The van der Waals surface area contributed by atoms with Crippen LogP contribution in [0.25, 0.3) is 0 Å². The van der Waals surface area contributed by atoms with Gasteiger partial charge in [0.05, 0.1) is 5.92 Å². The Morgan fingerprint density at radius 2 is 2.17 bits per heavy atom. The van der Waals surface area contributed by atoms with Crippen molar-refractivity contribution in [2.45, 2.75) is 25.7 Å². The van der Waals surface area contributed by atoms with Gasteiger partial charge in [0.15, 0.2) is 0 Å². The summed E-state index contributed by atoms with van der Waals surface area (Å²) in [7, 11) is 0. The van der Waals surface area contributed by atoms with Gasteiger partial charge < -0.3 is 10.4 Å². The van der Waals surface area contributed by atoms with E-state index < -0.39 is 5.97 Å². The van der Waals surface area contributed by atoms with Gasteiger partial charge in [-0.25, -0.2) is 0 Å². The third-order valence-corrected chi connectivity index (χ3v) is 3.32. The molecule has 2 N–H and O–H groups in total. The van der Waals surface area contributed by atoms with E-state index in [4.69, 9.17) is 5.11 Å². The normalized spacial score (nSPS) is 18.4. The monoisotopic (exact) mass is 247 g/mol. The maximum absolute atomic E-state index is 11.9. The first-order valence-corrected chi connectivity index (χ1v) is 6.15. The quantitative estimate of drug-likeness (QED) is 0.829. The summed E-state index contributed by atoms with van der Waals surface area (Å²) < 4.78 is 0. The number of fused-ring (bicyclic) bond motifs is 1. The van der Waals surface area contributed by atoms with Crippen LogP contribution in [-0.4, -0.2) is 23.5 Å². The van der Waals surface area contributed by atoms with Gasteiger partial charge in [-0.15, -0.1) is 0 Å². The smallest absolute Gasteiger partial charge is 0.303 e. The Kier molecular flexibility index (Phi) is 3.65. The molecular formula is C14H17NO3. The van der Waals surface area contributed by atoms with Crippen LogP contribution in [0.2, 0.25) is 0 Å². The molecule has 2 unspecified atom stereocenters. The zero-order valence-corrected chi connectivity index (χ0v) is 10.3. The summed E-state index contributed by atoms with van der Waals surface area (Å²) in [4.78, 5) is 22.4. The third kappa shape index (κ3) is 2.70. The fourth-order valence-electron chi connectivity index (χ4n) is 2.26. The average molecular weight is 247 g/mol. The van der Waals surface area contributed by atoms with E-state index in [1.54, 1.807) is 0 Å². The average Bonchev–Trinajstić information content (AvgIpc) is 2.27. The van der Waals surface area contributed by atoms with Crippen molar-refractivity contribution in [3.63, 3.8) is 0 Å². The summed E-state index contributed by atoms with van der Waals surface area (Å²) in [5.74, 6) is -0.920. The van der Waals surface area contributed by atoms with Gasteiger partial charge in [-0.2, -0.15) is 0 Å². The number of carboxylic acids is 1. The van der Waals surface area contributed by atoms with Crippen LogP contribution in [0.4, 0.5) is 0 Å². The van der Waals surface area contributed by atoms with Crippen molar-refractivity contribution in [1.82, 2.24) is 5.32 Å². The highest BCUT2D eigenvalue weighted by Crippen LogP contribution is 2.34. The fourth-order valence-corrected chi connectivity index (χ4v) is 2.26. The standard InChI is InChI=1S/C14H17NO3/c1-9(6-13(16)17)8-15-14(18)12-7-10-4-2-3-5-11(10)12/h2-5,9,12H,6-8H2,1H3,(H,15,18)(H,16,17). The Morgan fingerprint density at radius 3 is 2.83 bits per heavy atom. The molecule has 2 rings (SSSR count). The van der Waals surface area contributed by atoms with Crippen molar-refractivity contribution in [3.05, 3.63) is 35.4 Å². The number of aliphatic carboxylic acids is 1. The maximum Gasteiger partial charge on any atom is 0.303 e. The lowest BCUT2D eigenvalue weighted by Gasteiger charge is -2.29. The van der Waals surface area contributed by atoms with Crippen molar-refractivity contribution in [2.75, 3.05) is 6.54 Å². The Bertz CT molecular complexity index is 470. The van der Waals surface area contributed by atoms with Crippen molar-refractivity contribution < 1.29 is 14.7 Å². The molecule has 1 aliphatic carbocycles. The molecule has 0 fully saturated rings. The maximum atomic E-state index is 11.9. The number of nitrogens with one attached hydrogen (secondary N) is 1. The van der Waals surface area contributed by atoms with E-state index in [-0.39, 0.29) is 24.2 Å².